The second-order valence-corrected chi connectivity index (χ2v) is 4.37. The maximum absolute atomic E-state index is 9.62. The third-order valence-electron chi connectivity index (χ3n) is 2.45. The molecule has 1 heterocycles. The van der Waals surface area contributed by atoms with Crippen LogP contribution in [0.3, 0.4) is 0 Å². The lowest BCUT2D eigenvalue weighted by atomic mass is 10.2. The van der Waals surface area contributed by atoms with Gasteiger partial charge < -0.3 is 14.9 Å². The molecule has 1 aromatic carbocycles. The first-order valence-electron chi connectivity index (χ1n) is 5.62. The number of aryl methyl sites for hydroxylation is 1. The number of halogens is 1. The highest BCUT2D eigenvalue weighted by Crippen LogP contribution is 2.20. The first kappa shape index (κ1) is 12.9. The molecule has 0 fully saturated rings. The number of aromatic nitrogens is 2. The van der Waals surface area contributed by atoms with Crippen molar-refractivity contribution in [3.8, 4) is 5.75 Å². The zero-order chi connectivity index (χ0) is 13.0. The van der Waals surface area contributed by atoms with Gasteiger partial charge in [0.15, 0.2) is 5.82 Å². The summed E-state index contributed by atoms with van der Waals surface area (Å²) in [6.07, 6.45) is 0.679. The summed E-state index contributed by atoms with van der Waals surface area (Å²) < 4.78 is 4.87. The minimum atomic E-state index is 0.238. The zero-order valence-electron chi connectivity index (χ0n) is 9.98. The molecule has 0 unspecified atom stereocenters. The highest BCUT2D eigenvalue weighted by molar-refractivity contribution is 6.30. The van der Waals surface area contributed by atoms with Gasteiger partial charge >= 0.3 is 0 Å². The number of phenolic OH excluding ortho intramolecular Hbond substituents is 1. The molecule has 2 N–H and O–H groups in total. The Morgan fingerprint density at radius 1 is 1.44 bits per heavy atom. The Balaban J connectivity index is 1.80. The van der Waals surface area contributed by atoms with Gasteiger partial charge in [-0.25, -0.2) is 0 Å². The van der Waals surface area contributed by atoms with Crippen molar-refractivity contribution in [2.24, 2.45) is 0 Å². The smallest absolute Gasteiger partial charge is 0.223 e. The maximum Gasteiger partial charge on any atom is 0.223 e. The van der Waals surface area contributed by atoms with Crippen LogP contribution >= 0.6 is 11.6 Å². The van der Waals surface area contributed by atoms with Crippen LogP contribution in [0.5, 0.6) is 5.75 Å². The second kappa shape index (κ2) is 5.84. The van der Waals surface area contributed by atoms with Crippen molar-refractivity contribution >= 4 is 11.6 Å². The van der Waals surface area contributed by atoms with Crippen LogP contribution in [-0.2, 0) is 13.0 Å². The third-order valence-corrected chi connectivity index (χ3v) is 2.69. The van der Waals surface area contributed by atoms with E-state index in [2.05, 4.69) is 15.5 Å². The molecule has 0 radical (unpaired) electrons. The van der Waals surface area contributed by atoms with E-state index >= 15 is 0 Å². The summed E-state index contributed by atoms with van der Waals surface area (Å²) in [4.78, 5) is 4.10. The predicted octanol–water partition coefficient (Wildman–Crippen LogP) is 2.07. The van der Waals surface area contributed by atoms with Gasteiger partial charge in [0.1, 0.15) is 5.75 Å². The van der Waals surface area contributed by atoms with E-state index in [9.17, 15) is 5.11 Å². The molecule has 6 heteroatoms. The van der Waals surface area contributed by atoms with Gasteiger partial charge in [-0.15, -0.1) is 0 Å². The summed E-state index contributed by atoms with van der Waals surface area (Å²) in [6, 6.07) is 4.98. The summed E-state index contributed by atoms with van der Waals surface area (Å²) in [6.45, 7) is 3.00. The number of benzene rings is 1. The molecule has 0 bridgehead atoms. The van der Waals surface area contributed by atoms with Crippen molar-refractivity contribution in [2.45, 2.75) is 19.9 Å². The highest BCUT2D eigenvalue weighted by Gasteiger charge is 2.03. The quantitative estimate of drug-likeness (QED) is 0.812. The molecule has 0 spiro atoms. The van der Waals surface area contributed by atoms with E-state index in [1.54, 1.807) is 25.1 Å². The molecule has 0 aliphatic rings. The lowest BCUT2D eigenvalue weighted by Crippen LogP contribution is -2.17. The van der Waals surface area contributed by atoms with Crippen LogP contribution in [0, 0.1) is 6.92 Å². The molecular weight excluding hydrogens is 254 g/mol. The predicted molar refractivity (Wildman–Crippen MR) is 67.6 cm³/mol. The average Bonchev–Trinajstić information content (AvgIpc) is 2.75. The van der Waals surface area contributed by atoms with Crippen LogP contribution in [0.15, 0.2) is 22.7 Å². The second-order valence-electron chi connectivity index (χ2n) is 3.93. The number of nitrogens with zero attached hydrogens (tertiary/aromatic N) is 2. The van der Waals surface area contributed by atoms with Crippen LogP contribution in [0.25, 0.3) is 0 Å². The Morgan fingerprint density at radius 3 is 3.00 bits per heavy atom. The van der Waals surface area contributed by atoms with E-state index in [0.717, 1.165) is 5.56 Å². The molecule has 0 saturated carbocycles. The Morgan fingerprint density at radius 2 is 2.28 bits per heavy atom. The Kier molecular flexibility index (Phi) is 4.17. The maximum atomic E-state index is 9.62. The number of nitrogens with one attached hydrogen (secondary N) is 1. The zero-order valence-corrected chi connectivity index (χ0v) is 10.7. The van der Waals surface area contributed by atoms with Gasteiger partial charge in [0.05, 0.1) is 0 Å². The summed E-state index contributed by atoms with van der Waals surface area (Å²) in [7, 11) is 0. The van der Waals surface area contributed by atoms with Crippen molar-refractivity contribution < 1.29 is 9.63 Å². The first-order valence-corrected chi connectivity index (χ1v) is 6.00. The largest absolute Gasteiger partial charge is 0.508 e. The fraction of sp³-hybridized carbons (Fsp3) is 0.333. The molecule has 1 aromatic heterocycles. The standard InChI is InChI=1S/C12H14ClN3O2/c1-8-15-12(16-18-8)4-5-14-7-9-6-10(13)2-3-11(9)17/h2-3,6,14,17H,4-5,7H2,1H3. The van der Waals surface area contributed by atoms with Gasteiger partial charge in [-0.2, -0.15) is 4.98 Å². The minimum Gasteiger partial charge on any atom is -0.508 e. The number of hydrogen-bond donors (Lipinski definition) is 2. The number of aromatic hydroxyl groups is 1. The van der Waals surface area contributed by atoms with Crippen molar-refractivity contribution in [2.75, 3.05) is 6.54 Å². The highest BCUT2D eigenvalue weighted by atomic mass is 35.5. The number of phenols is 1. The van der Waals surface area contributed by atoms with Crippen molar-refractivity contribution in [3.63, 3.8) is 0 Å². The molecule has 5 nitrogen and oxygen atoms in total. The van der Waals surface area contributed by atoms with Crippen LogP contribution in [0.2, 0.25) is 5.02 Å². The van der Waals surface area contributed by atoms with Crippen LogP contribution in [0.4, 0.5) is 0 Å². The van der Waals surface area contributed by atoms with Gasteiger partial charge in [-0.05, 0) is 18.2 Å². The fourth-order valence-corrected chi connectivity index (χ4v) is 1.76. The third kappa shape index (κ3) is 3.45. The SMILES string of the molecule is Cc1nc(CCNCc2cc(Cl)ccc2O)no1. The van der Waals surface area contributed by atoms with E-state index in [1.165, 1.54) is 0 Å². The lowest BCUT2D eigenvalue weighted by Gasteiger charge is -2.06. The van der Waals surface area contributed by atoms with E-state index in [4.69, 9.17) is 16.1 Å². The van der Waals surface area contributed by atoms with Crippen LogP contribution in [0.1, 0.15) is 17.3 Å². The summed E-state index contributed by atoms with van der Waals surface area (Å²) in [5.41, 5.74) is 0.770. The van der Waals surface area contributed by atoms with Gasteiger partial charge in [0, 0.05) is 37.0 Å². The average molecular weight is 268 g/mol. The number of hydrogen-bond acceptors (Lipinski definition) is 5. The molecule has 0 saturated heterocycles. The molecule has 96 valence electrons. The summed E-state index contributed by atoms with van der Waals surface area (Å²) >= 11 is 5.86. The molecule has 0 aliphatic heterocycles. The van der Waals surface area contributed by atoms with E-state index < -0.39 is 0 Å². The molecule has 2 aromatic rings. The van der Waals surface area contributed by atoms with E-state index in [-0.39, 0.29) is 5.75 Å². The number of rotatable bonds is 5. The lowest BCUT2D eigenvalue weighted by molar-refractivity contribution is 0.387. The topological polar surface area (TPSA) is 71.2 Å². The van der Waals surface area contributed by atoms with Crippen molar-refractivity contribution in [1.29, 1.82) is 0 Å². The van der Waals surface area contributed by atoms with Crippen LogP contribution < -0.4 is 5.32 Å². The van der Waals surface area contributed by atoms with Gasteiger partial charge in [0.25, 0.3) is 0 Å². The minimum absolute atomic E-state index is 0.238. The molecule has 0 atom stereocenters. The van der Waals surface area contributed by atoms with Crippen molar-refractivity contribution in [3.05, 3.63) is 40.5 Å². The van der Waals surface area contributed by atoms with Gasteiger partial charge in [0.2, 0.25) is 5.89 Å². The normalized spacial score (nSPS) is 10.8. The van der Waals surface area contributed by atoms with Crippen molar-refractivity contribution in [1.82, 2.24) is 15.5 Å². The molecule has 2 rings (SSSR count). The monoisotopic (exact) mass is 267 g/mol. The molecule has 18 heavy (non-hydrogen) atoms. The summed E-state index contributed by atoms with van der Waals surface area (Å²) in [5, 5.41) is 17.2. The molecule has 0 aliphatic carbocycles. The fourth-order valence-electron chi connectivity index (χ4n) is 1.56. The Hall–Kier alpha value is -1.59. The van der Waals surface area contributed by atoms with E-state index in [0.29, 0.717) is 36.2 Å². The van der Waals surface area contributed by atoms with Gasteiger partial charge in [-0.3, -0.25) is 0 Å². The Labute approximate surface area is 110 Å². The van der Waals surface area contributed by atoms with Crippen LogP contribution in [-0.4, -0.2) is 21.8 Å². The molecule has 0 amide bonds. The Bertz CT molecular complexity index is 528. The first-order chi connectivity index (χ1) is 8.65. The van der Waals surface area contributed by atoms with Gasteiger partial charge in [-0.1, -0.05) is 16.8 Å². The van der Waals surface area contributed by atoms with E-state index in [1.807, 2.05) is 0 Å². The molecular formula is C12H14ClN3O2. The summed E-state index contributed by atoms with van der Waals surface area (Å²) in [5.74, 6) is 1.48.